The van der Waals surface area contributed by atoms with Crippen LogP contribution in [-0.4, -0.2) is 29.2 Å². The number of amides is 2. The summed E-state index contributed by atoms with van der Waals surface area (Å²) in [5.41, 5.74) is 1.83. The lowest BCUT2D eigenvalue weighted by molar-refractivity contribution is -0.123. The zero-order chi connectivity index (χ0) is 25.8. The van der Waals surface area contributed by atoms with Gasteiger partial charge in [0.25, 0.3) is 11.1 Å². The van der Waals surface area contributed by atoms with Gasteiger partial charge in [-0.15, -0.1) is 0 Å². The Hall–Kier alpha value is -2.77. The molecule has 0 atom stereocenters. The molecule has 1 aliphatic heterocycles. The number of fused-ring (bicyclic) bond motifs is 1. The van der Waals surface area contributed by atoms with Crippen molar-refractivity contribution in [1.29, 1.82) is 0 Å². The number of hydrogen-bond donors (Lipinski definition) is 0. The van der Waals surface area contributed by atoms with Crippen molar-refractivity contribution >= 4 is 55.7 Å². The number of benzene rings is 3. The van der Waals surface area contributed by atoms with E-state index in [-0.39, 0.29) is 11.1 Å². The van der Waals surface area contributed by atoms with Gasteiger partial charge in [-0.3, -0.25) is 14.5 Å². The number of carbonyl (C=O) groups excluding carboxylic acids is 2. The molecule has 0 N–H and O–H groups in total. The Kier molecular flexibility index (Phi) is 8.20. The highest BCUT2D eigenvalue weighted by atomic mass is 79.9. The standard InChI is InChI=1S/C30H30BrNO4S/c1-2-35-26-16-22(17-27-29(33)32(30(34)37-27)18-20-8-4-3-5-9-20)15-25(31)28(26)36-19-21-12-13-23-10-6-7-11-24(23)14-21/h6-7,10-17,20H,2-5,8-9,18-19H2,1H3/b27-17+. The fourth-order valence-corrected chi connectivity index (χ4v) is 6.42. The normalized spacial score (nSPS) is 17.7. The van der Waals surface area contributed by atoms with Crippen molar-refractivity contribution in [2.75, 3.05) is 13.2 Å². The van der Waals surface area contributed by atoms with E-state index in [2.05, 4.69) is 46.3 Å². The van der Waals surface area contributed by atoms with Gasteiger partial charge in [-0.1, -0.05) is 55.7 Å². The minimum atomic E-state index is -0.203. The van der Waals surface area contributed by atoms with Crippen LogP contribution in [0, 0.1) is 5.92 Å². The highest BCUT2D eigenvalue weighted by Gasteiger charge is 2.36. The molecule has 1 aliphatic carbocycles. The molecule has 0 unspecified atom stereocenters. The topological polar surface area (TPSA) is 55.8 Å². The SMILES string of the molecule is CCOc1cc(/C=C2/SC(=O)N(CC3CCCCC3)C2=O)cc(Br)c1OCc1ccc2ccccc2c1. The monoisotopic (exact) mass is 579 g/mol. The van der Waals surface area contributed by atoms with Crippen molar-refractivity contribution in [3.8, 4) is 11.5 Å². The van der Waals surface area contributed by atoms with Crippen LogP contribution in [0.25, 0.3) is 16.8 Å². The summed E-state index contributed by atoms with van der Waals surface area (Å²) in [6, 6.07) is 18.3. The average molecular weight is 581 g/mol. The number of nitrogens with zero attached hydrogens (tertiary/aromatic N) is 1. The average Bonchev–Trinajstić information content (AvgIpc) is 3.16. The molecule has 0 radical (unpaired) electrons. The molecule has 37 heavy (non-hydrogen) atoms. The Bertz CT molecular complexity index is 1350. The highest BCUT2D eigenvalue weighted by molar-refractivity contribution is 9.10. The highest BCUT2D eigenvalue weighted by Crippen LogP contribution is 2.40. The summed E-state index contributed by atoms with van der Waals surface area (Å²) in [5.74, 6) is 1.41. The third kappa shape index (κ3) is 6.04. The molecule has 2 aliphatic rings. The Morgan fingerprint density at radius 1 is 1.00 bits per heavy atom. The van der Waals surface area contributed by atoms with Crippen molar-refractivity contribution in [3.63, 3.8) is 0 Å². The number of carbonyl (C=O) groups is 2. The van der Waals surface area contributed by atoms with E-state index in [1.54, 1.807) is 6.08 Å². The second-order valence-electron chi connectivity index (χ2n) is 9.53. The number of rotatable bonds is 8. The summed E-state index contributed by atoms with van der Waals surface area (Å²) < 4.78 is 12.8. The molecule has 192 valence electrons. The van der Waals surface area contributed by atoms with Crippen LogP contribution in [0.15, 0.2) is 64.0 Å². The quantitative estimate of drug-likeness (QED) is 0.252. The van der Waals surface area contributed by atoms with Crippen molar-refractivity contribution in [2.45, 2.75) is 45.6 Å². The van der Waals surface area contributed by atoms with Gasteiger partial charge in [-0.2, -0.15) is 0 Å². The molecule has 5 nitrogen and oxygen atoms in total. The first-order valence-corrected chi connectivity index (χ1v) is 14.4. The maximum atomic E-state index is 13.1. The third-order valence-corrected chi connectivity index (χ3v) is 8.36. The predicted molar refractivity (Wildman–Crippen MR) is 153 cm³/mol. The Morgan fingerprint density at radius 3 is 2.57 bits per heavy atom. The van der Waals surface area contributed by atoms with E-state index in [0.717, 1.165) is 40.2 Å². The Balaban J connectivity index is 1.33. The van der Waals surface area contributed by atoms with Gasteiger partial charge in [-0.05, 0) is 99.5 Å². The van der Waals surface area contributed by atoms with Crippen LogP contribution >= 0.6 is 27.7 Å². The molecular formula is C30H30BrNO4S. The van der Waals surface area contributed by atoms with Crippen LogP contribution in [0.4, 0.5) is 4.79 Å². The van der Waals surface area contributed by atoms with Crippen molar-refractivity contribution in [3.05, 3.63) is 75.1 Å². The summed E-state index contributed by atoms with van der Waals surface area (Å²) in [6.07, 6.45) is 7.56. The molecule has 2 fully saturated rings. The van der Waals surface area contributed by atoms with Crippen LogP contribution in [0.1, 0.15) is 50.2 Å². The number of ether oxygens (including phenoxy) is 2. The molecule has 1 saturated heterocycles. The molecule has 7 heteroatoms. The van der Waals surface area contributed by atoms with Crippen LogP contribution in [0.3, 0.4) is 0 Å². The molecule has 0 spiro atoms. The third-order valence-electron chi connectivity index (χ3n) is 6.87. The fraction of sp³-hybridized carbons (Fsp3) is 0.333. The van der Waals surface area contributed by atoms with Crippen molar-refractivity contribution in [2.24, 2.45) is 5.92 Å². The first-order valence-electron chi connectivity index (χ1n) is 12.8. The smallest absolute Gasteiger partial charge is 0.293 e. The number of halogens is 1. The minimum Gasteiger partial charge on any atom is -0.490 e. The van der Waals surface area contributed by atoms with E-state index in [1.807, 2.05) is 31.2 Å². The number of hydrogen-bond acceptors (Lipinski definition) is 5. The molecule has 5 rings (SSSR count). The summed E-state index contributed by atoms with van der Waals surface area (Å²) in [4.78, 5) is 27.5. The van der Waals surface area contributed by atoms with Gasteiger partial charge < -0.3 is 9.47 Å². The van der Waals surface area contributed by atoms with Gasteiger partial charge in [0.05, 0.1) is 16.0 Å². The van der Waals surface area contributed by atoms with Crippen molar-refractivity contribution in [1.82, 2.24) is 4.90 Å². The van der Waals surface area contributed by atoms with E-state index < -0.39 is 0 Å². The second-order valence-corrected chi connectivity index (χ2v) is 11.4. The van der Waals surface area contributed by atoms with Crippen LogP contribution < -0.4 is 9.47 Å². The van der Waals surface area contributed by atoms with Gasteiger partial charge >= 0.3 is 0 Å². The zero-order valence-electron chi connectivity index (χ0n) is 20.9. The second kappa shape index (κ2) is 11.7. The lowest BCUT2D eigenvalue weighted by Crippen LogP contribution is -2.34. The molecule has 0 bridgehead atoms. The van der Waals surface area contributed by atoms with Gasteiger partial charge in [0.2, 0.25) is 0 Å². The van der Waals surface area contributed by atoms with Crippen LogP contribution in [0.5, 0.6) is 11.5 Å². The predicted octanol–water partition coefficient (Wildman–Crippen LogP) is 8.20. The minimum absolute atomic E-state index is 0.179. The van der Waals surface area contributed by atoms with Gasteiger partial charge in [0.15, 0.2) is 11.5 Å². The number of imide groups is 1. The molecule has 3 aromatic rings. The molecule has 3 aromatic carbocycles. The van der Waals surface area contributed by atoms with Gasteiger partial charge in [0.1, 0.15) is 6.61 Å². The fourth-order valence-electron chi connectivity index (χ4n) is 5.00. The molecule has 1 heterocycles. The first-order chi connectivity index (χ1) is 18.0. The number of thioether (sulfide) groups is 1. The van der Waals surface area contributed by atoms with E-state index >= 15 is 0 Å². The maximum Gasteiger partial charge on any atom is 0.293 e. The summed E-state index contributed by atoms with van der Waals surface area (Å²) in [6.45, 7) is 3.31. The largest absolute Gasteiger partial charge is 0.490 e. The van der Waals surface area contributed by atoms with E-state index in [0.29, 0.717) is 42.1 Å². The van der Waals surface area contributed by atoms with E-state index in [9.17, 15) is 9.59 Å². The Labute approximate surface area is 230 Å². The Morgan fingerprint density at radius 2 is 1.78 bits per heavy atom. The lowest BCUT2D eigenvalue weighted by Gasteiger charge is -2.25. The molecule has 1 saturated carbocycles. The molecule has 2 amide bonds. The van der Waals surface area contributed by atoms with E-state index in [1.165, 1.54) is 34.9 Å². The lowest BCUT2D eigenvalue weighted by atomic mass is 9.89. The maximum absolute atomic E-state index is 13.1. The molecular weight excluding hydrogens is 550 g/mol. The first kappa shape index (κ1) is 25.9. The zero-order valence-corrected chi connectivity index (χ0v) is 23.3. The van der Waals surface area contributed by atoms with Gasteiger partial charge in [0, 0.05) is 6.54 Å². The van der Waals surface area contributed by atoms with Crippen molar-refractivity contribution < 1.29 is 19.1 Å². The van der Waals surface area contributed by atoms with E-state index in [4.69, 9.17) is 9.47 Å². The van der Waals surface area contributed by atoms with Gasteiger partial charge in [-0.25, -0.2) is 0 Å². The summed E-state index contributed by atoms with van der Waals surface area (Å²) in [5, 5.41) is 2.18. The molecule has 0 aromatic heterocycles. The van der Waals surface area contributed by atoms with Crippen LogP contribution in [-0.2, 0) is 11.4 Å². The summed E-state index contributed by atoms with van der Waals surface area (Å²) in [7, 11) is 0. The van der Waals surface area contributed by atoms with Crippen LogP contribution in [0.2, 0.25) is 0 Å². The summed E-state index contributed by atoms with van der Waals surface area (Å²) >= 11 is 4.65.